The molecule has 0 aliphatic rings. The largest absolute Gasteiger partial charge is 0.469 e. The number of nitrogens with one attached hydrogen (secondary N) is 1. The molecule has 0 spiro atoms. The van der Waals surface area contributed by atoms with E-state index in [2.05, 4.69) is 10.1 Å². The number of unbranched alkanes of at least 4 members (excludes halogenated alkanes) is 1. The van der Waals surface area contributed by atoms with Gasteiger partial charge in [-0.1, -0.05) is 24.3 Å². The van der Waals surface area contributed by atoms with E-state index < -0.39 is 0 Å². The standard InChI is InChI=1S/C17H26N2O3/c1-4-19(13-15-10-6-5-9-14(15)2)17(21)18-12-8-7-11-16(20)22-3/h5-6,9-10H,4,7-8,11-13H2,1-3H3,(H,18,21). The van der Waals surface area contributed by atoms with Crippen LogP contribution in [0.3, 0.4) is 0 Å². The van der Waals surface area contributed by atoms with Crippen molar-refractivity contribution >= 4 is 12.0 Å². The Morgan fingerprint density at radius 1 is 1.23 bits per heavy atom. The highest BCUT2D eigenvalue weighted by Gasteiger charge is 2.12. The molecule has 0 fully saturated rings. The van der Waals surface area contributed by atoms with Crippen molar-refractivity contribution in [3.8, 4) is 0 Å². The van der Waals surface area contributed by atoms with Gasteiger partial charge in [-0.15, -0.1) is 0 Å². The van der Waals surface area contributed by atoms with Crippen molar-refractivity contribution in [2.24, 2.45) is 0 Å². The summed E-state index contributed by atoms with van der Waals surface area (Å²) in [4.78, 5) is 24.9. The average molecular weight is 306 g/mol. The van der Waals surface area contributed by atoms with E-state index in [1.165, 1.54) is 12.7 Å². The molecule has 0 aliphatic carbocycles. The molecule has 0 aliphatic heterocycles. The number of carbonyl (C=O) groups excluding carboxylic acids is 2. The first-order valence-corrected chi connectivity index (χ1v) is 7.72. The number of urea groups is 1. The average Bonchev–Trinajstić information content (AvgIpc) is 2.53. The number of carbonyl (C=O) groups is 2. The molecule has 0 atom stereocenters. The monoisotopic (exact) mass is 306 g/mol. The Labute approximate surface area is 132 Å². The zero-order valence-corrected chi connectivity index (χ0v) is 13.7. The number of amides is 2. The maximum Gasteiger partial charge on any atom is 0.317 e. The third kappa shape index (κ3) is 6.16. The van der Waals surface area contributed by atoms with Crippen molar-refractivity contribution in [1.29, 1.82) is 0 Å². The van der Waals surface area contributed by atoms with Crippen LogP contribution < -0.4 is 5.32 Å². The van der Waals surface area contributed by atoms with Crippen LogP contribution in [0.4, 0.5) is 4.79 Å². The Hall–Kier alpha value is -2.04. The Bertz CT molecular complexity index is 489. The lowest BCUT2D eigenvalue weighted by molar-refractivity contribution is -0.140. The number of aryl methyl sites for hydroxylation is 1. The van der Waals surface area contributed by atoms with Gasteiger partial charge in [0, 0.05) is 26.1 Å². The molecule has 0 heterocycles. The van der Waals surface area contributed by atoms with Crippen molar-refractivity contribution in [1.82, 2.24) is 10.2 Å². The molecule has 0 saturated carbocycles. The number of ether oxygens (including phenoxy) is 1. The maximum absolute atomic E-state index is 12.2. The van der Waals surface area contributed by atoms with Crippen molar-refractivity contribution in [2.75, 3.05) is 20.2 Å². The van der Waals surface area contributed by atoms with E-state index >= 15 is 0 Å². The van der Waals surface area contributed by atoms with Crippen LogP contribution in [0.5, 0.6) is 0 Å². The molecule has 1 aromatic rings. The van der Waals surface area contributed by atoms with Crippen LogP contribution in [0.15, 0.2) is 24.3 Å². The van der Waals surface area contributed by atoms with Crippen LogP contribution in [-0.4, -0.2) is 37.1 Å². The van der Waals surface area contributed by atoms with Crippen LogP contribution in [0, 0.1) is 6.92 Å². The van der Waals surface area contributed by atoms with Gasteiger partial charge in [0.2, 0.25) is 0 Å². The third-order valence-electron chi connectivity index (χ3n) is 3.60. The van der Waals surface area contributed by atoms with E-state index in [1.54, 1.807) is 4.90 Å². The van der Waals surface area contributed by atoms with E-state index in [0.717, 1.165) is 18.4 Å². The van der Waals surface area contributed by atoms with Gasteiger partial charge in [0.1, 0.15) is 0 Å². The zero-order chi connectivity index (χ0) is 16.4. The predicted molar refractivity (Wildman–Crippen MR) is 86.5 cm³/mol. The van der Waals surface area contributed by atoms with Crippen molar-refractivity contribution in [2.45, 2.75) is 39.7 Å². The molecule has 0 bridgehead atoms. The van der Waals surface area contributed by atoms with Gasteiger partial charge in [-0.3, -0.25) is 4.79 Å². The molecule has 1 rings (SSSR count). The molecule has 22 heavy (non-hydrogen) atoms. The van der Waals surface area contributed by atoms with Gasteiger partial charge < -0.3 is 15.0 Å². The minimum Gasteiger partial charge on any atom is -0.469 e. The molecule has 122 valence electrons. The molecule has 2 amide bonds. The number of esters is 1. The number of benzene rings is 1. The number of rotatable bonds is 8. The van der Waals surface area contributed by atoms with E-state index in [0.29, 0.717) is 26.1 Å². The summed E-state index contributed by atoms with van der Waals surface area (Å²) in [7, 11) is 1.38. The highest BCUT2D eigenvalue weighted by atomic mass is 16.5. The fourth-order valence-corrected chi connectivity index (χ4v) is 2.12. The van der Waals surface area contributed by atoms with E-state index in [4.69, 9.17) is 0 Å². The minimum atomic E-state index is -0.207. The Morgan fingerprint density at radius 3 is 2.59 bits per heavy atom. The highest BCUT2D eigenvalue weighted by molar-refractivity contribution is 5.74. The number of methoxy groups -OCH3 is 1. The molecule has 5 heteroatoms. The molecular formula is C17H26N2O3. The Morgan fingerprint density at radius 2 is 1.95 bits per heavy atom. The van der Waals surface area contributed by atoms with Crippen LogP contribution >= 0.6 is 0 Å². The van der Waals surface area contributed by atoms with E-state index in [1.807, 2.05) is 38.1 Å². The topological polar surface area (TPSA) is 58.6 Å². The lowest BCUT2D eigenvalue weighted by atomic mass is 10.1. The second-order valence-corrected chi connectivity index (χ2v) is 5.21. The van der Waals surface area contributed by atoms with Gasteiger partial charge in [0.05, 0.1) is 7.11 Å². The normalized spacial score (nSPS) is 10.1. The summed E-state index contributed by atoms with van der Waals surface area (Å²) in [6, 6.07) is 8.01. The third-order valence-corrected chi connectivity index (χ3v) is 3.60. The first kappa shape index (κ1) is 18.0. The smallest absolute Gasteiger partial charge is 0.317 e. The number of nitrogens with zero attached hydrogens (tertiary/aromatic N) is 1. The first-order chi connectivity index (χ1) is 10.6. The van der Waals surface area contributed by atoms with Crippen molar-refractivity contribution in [3.05, 3.63) is 35.4 Å². The van der Waals surface area contributed by atoms with Gasteiger partial charge in [-0.2, -0.15) is 0 Å². The molecule has 1 N–H and O–H groups in total. The van der Waals surface area contributed by atoms with Crippen LogP contribution in [0.25, 0.3) is 0 Å². The summed E-state index contributed by atoms with van der Waals surface area (Å²) < 4.78 is 4.58. The predicted octanol–water partition coefficient (Wildman–Crippen LogP) is 2.87. The van der Waals surface area contributed by atoms with Gasteiger partial charge in [0.25, 0.3) is 0 Å². The summed E-state index contributed by atoms with van der Waals surface area (Å²) in [5.74, 6) is -0.207. The molecule has 0 aromatic heterocycles. The van der Waals surface area contributed by atoms with Gasteiger partial charge in [-0.05, 0) is 37.8 Å². The van der Waals surface area contributed by atoms with Crippen LogP contribution in [0.1, 0.15) is 37.3 Å². The lowest BCUT2D eigenvalue weighted by Gasteiger charge is -2.22. The lowest BCUT2D eigenvalue weighted by Crippen LogP contribution is -2.39. The van der Waals surface area contributed by atoms with Crippen LogP contribution in [0.2, 0.25) is 0 Å². The second kappa shape index (κ2) is 9.82. The summed E-state index contributed by atoms with van der Waals surface area (Å²) >= 11 is 0. The fraction of sp³-hybridized carbons (Fsp3) is 0.529. The summed E-state index contributed by atoms with van der Waals surface area (Å²) in [6.45, 7) is 5.85. The van der Waals surface area contributed by atoms with Crippen LogP contribution in [-0.2, 0) is 16.1 Å². The molecular weight excluding hydrogens is 280 g/mol. The number of hydrogen-bond acceptors (Lipinski definition) is 3. The van der Waals surface area contributed by atoms with Gasteiger partial charge in [-0.25, -0.2) is 4.79 Å². The van der Waals surface area contributed by atoms with E-state index in [-0.39, 0.29) is 12.0 Å². The SMILES string of the molecule is CCN(Cc1ccccc1C)C(=O)NCCCCC(=O)OC. The molecule has 0 unspecified atom stereocenters. The first-order valence-electron chi connectivity index (χ1n) is 7.72. The summed E-state index contributed by atoms with van der Waals surface area (Å²) in [6.07, 6.45) is 1.88. The Balaban J connectivity index is 2.35. The van der Waals surface area contributed by atoms with Crippen molar-refractivity contribution in [3.63, 3.8) is 0 Å². The highest BCUT2D eigenvalue weighted by Crippen LogP contribution is 2.10. The zero-order valence-electron chi connectivity index (χ0n) is 13.7. The molecule has 5 nitrogen and oxygen atoms in total. The maximum atomic E-state index is 12.2. The Kier molecular flexibility index (Phi) is 8.04. The fourth-order valence-electron chi connectivity index (χ4n) is 2.12. The van der Waals surface area contributed by atoms with Gasteiger partial charge >= 0.3 is 12.0 Å². The van der Waals surface area contributed by atoms with Gasteiger partial charge in [0.15, 0.2) is 0 Å². The summed E-state index contributed by atoms with van der Waals surface area (Å²) in [5, 5.41) is 2.90. The summed E-state index contributed by atoms with van der Waals surface area (Å²) in [5.41, 5.74) is 2.34. The quantitative estimate of drug-likeness (QED) is 0.593. The molecule has 0 radical (unpaired) electrons. The molecule has 1 aromatic carbocycles. The van der Waals surface area contributed by atoms with E-state index in [9.17, 15) is 9.59 Å². The minimum absolute atomic E-state index is 0.0659. The van der Waals surface area contributed by atoms with Crippen molar-refractivity contribution < 1.29 is 14.3 Å². The number of hydrogen-bond donors (Lipinski definition) is 1. The molecule has 0 saturated heterocycles. The second-order valence-electron chi connectivity index (χ2n) is 5.21.